The molecule has 0 spiro atoms. The Morgan fingerprint density at radius 2 is 1.91 bits per heavy atom. The molecule has 162 valence electrons. The summed E-state index contributed by atoms with van der Waals surface area (Å²) in [6.07, 6.45) is 0. The number of ether oxygens (including phenoxy) is 3. The summed E-state index contributed by atoms with van der Waals surface area (Å²) in [5, 5.41) is 12.1. The van der Waals surface area contributed by atoms with E-state index in [0.29, 0.717) is 49.6 Å². The van der Waals surface area contributed by atoms with Gasteiger partial charge in [0.15, 0.2) is 23.9 Å². The Morgan fingerprint density at radius 3 is 2.56 bits per heavy atom. The van der Waals surface area contributed by atoms with Crippen LogP contribution in [0.15, 0.2) is 57.7 Å². The molecular formula is C24H19BrN2O5. The number of carbonyl (C=O) groups is 2. The summed E-state index contributed by atoms with van der Waals surface area (Å²) in [5.74, 6) is -0.645. The minimum atomic E-state index is -0.702. The first kappa shape index (κ1) is 21.7. The molecule has 1 atom stereocenters. The van der Waals surface area contributed by atoms with Gasteiger partial charge in [0.2, 0.25) is 0 Å². The van der Waals surface area contributed by atoms with Crippen LogP contribution in [0.1, 0.15) is 34.3 Å². The summed E-state index contributed by atoms with van der Waals surface area (Å²) in [5.41, 5.74) is 4.08. The van der Waals surface area contributed by atoms with E-state index in [1.54, 1.807) is 25.1 Å². The zero-order valence-electron chi connectivity index (χ0n) is 17.6. The number of benzene rings is 2. The van der Waals surface area contributed by atoms with Crippen molar-refractivity contribution in [1.82, 2.24) is 5.32 Å². The Bertz CT molecular complexity index is 1260. The highest BCUT2D eigenvalue weighted by molar-refractivity contribution is 9.10. The van der Waals surface area contributed by atoms with Gasteiger partial charge in [-0.3, -0.25) is 4.79 Å². The Balaban J connectivity index is 1.95. The van der Waals surface area contributed by atoms with Crippen molar-refractivity contribution in [1.29, 1.82) is 5.26 Å². The van der Waals surface area contributed by atoms with Gasteiger partial charge in [-0.2, -0.15) is 5.26 Å². The van der Waals surface area contributed by atoms with E-state index < -0.39 is 11.9 Å². The molecule has 2 aromatic carbocycles. The van der Waals surface area contributed by atoms with E-state index in [1.807, 2.05) is 24.3 Å². The third-order valence-corrected chi connectivity index (χ3v) is 6.23. The number of hydrogen-bond donors (Lipinski definition) is 1. The third-order valence-electron chi connectivity index (χ3n) is 5.54. The molecule has 0 aromatic heterocycles. The van der Waals surface area contributed by atoms with Gasteiger partial charge in [-0.15, -0.1) is 0 Å². The molecule has 0 unspecified atom stereocenters. The van der Waals surface area contributed by atoms with E-state index in [1.165, 1.54) is 14.2 Å². The Labute approximate surface area is 193 Å². The minimum Gasteiger partial charge on any atom is -0.493 e. The summed E-state index contributed by atoms with van der Waals surface area (Å²) in [6.45, 7) is 1.63. The molecular weight excluding hydrogens is 476 g/mol. The van der Waals surface area contributed by atoms with Crippen LogP contribution in [-0.2, 0) is 9.53 Å². The molecule has 2 aromatic rings. The standard InChI is InChI=1S/C24H19BrN2O5/c1-12-19(24(29)31-3)20(15-10-17(30-2)18(11-16(15)25)32-9-8-26)21-22(27-12)13-6-4-5-7-14(13)23(21)28/h4-7,10-11,20,27H,9H2,1-3H3/t20-/m1/s1. The van der Waals surface area contributed by atoms with E-state index in [2.05, 4.69) is 21.2 Å². The van der Waals surface area contributed by atoms with Crippen LogP contribution in [-0.4, -0.2) is 32.6 Å². The molecule has 0 saturated carbocycles. The summed E-state index contributed by atoms with van der Waals surface area (Å²) < 4.78 is 16.6. The molecule has 2 aliphatic rings. The average molecular weight is 495 g/mol. The quantitative estimate of drug-likeness (QED) is 0.624. The van der Waals surface area contributed by atoms with Crippen molar-refractivity contribution in [2.45, 2.75) is 12.8 Å². The van der Waals surface area contributed by atoms with Crippen LogP contribution in [0.4, 0.5) is 0 Å². The van der Waals surface area contributed by atoms with Gasteiger partial charge < -0.3 is 19.5 Å². The fraction of sp³-hybridized carbons (Fsp3) is 0.208. The molecule has 0 radical (unpaired) electrons. The van der Waals surface area contributed by atoms with Gasteiger partial charge in [0.25, 0.3) is 0 Å². The van der Waals surface area contributed by atoms with Gasteiger partial charge >= 0.3 is 5.97 Å². The largest absolute Gasteiger partial charge is 0.493 e. The first-order chi connectivity index (χ1) is 15.4. The average Bonchev–Trinajstić information content (AvgIpc) is 3.08. The number of halogens is 1. The highest BCUT2D eigenvalue weighted by Gasteiger charge is 2.43. The van der Waals surface area contributed by atoms with Crippen LogP contribution in [0, 0.1) is 11.3 Å². The molecule has 0 saturated heterocycles. The monoisotopic (exact) mass is 494 g/mol. The number of dihydropyridines is 1. The second-order valence-corrected chi connectivity index (χ2v) is 8.08. The predicted molar refractivity (Wildman–Crippen MR) is 120 cm³/mol. The minimum absolute atomic E-state index is 0.148. The van der Waals surface area contributed by atoms with Crippen molar-refractivity contribution >= 4 is 33.4 Å². The first-order valence-corrected chi connectivity index (χ1v) is 10.5. The highest BCUT2D eigenvalue weighted by atomic mass is 79.9. The van der Waals surface area contributed by atoms with E-state index in [0.717, 1.165) is 5.56 Å². The second kappa shape index (κ2) is 8.52. The lowest BCUT2D eigenvalue weighted by molar-refractivity contribution is -0.136. The van der Waals surface area contributed by atoms with Gasteiger partial charge in [-0.25, -0.2) is 4.79 Å². The van der Waals surface area contributed by atoms with Gasteiger partial charge in [0, 0.05) is 26.9 Å². The molecule has 1 N–H and O–H groups in total. The van der Waals surface area contributed by atoms with E-state index in [-0.39, 0.29) is 12.4 Å². The van der Waals surface area contributed by atoms with Crippen molar-refractivity contribution in [2.75, 3.05) is 20.8 Å². The number of nitrogens with one attached hydrogen (secondary N) is 1. The fourth-order valence-corrected chi connectivity index (χ4v) is 4.73. The molecule has 1 aliphatic carbocycles. The molecule has 4 rings (SSSR count). The molecule has 1 aliphatic heterocycles. The molecule has 0 amide bonds. The van der Waals surface area contributed by atoms with Crippen LogP contribution >= 0.6 is 15.9 Å². The normalized spacial score (nSPS) is 16.7. The number of ketones is 1. The van der Waals surface area contributed by atoms with Crippen molar-refractivity contribution in [3.05, 3.63) is 74.4 Å². The maximum atomic E-state index is 13.5. The number of Topliss-reactive ketones (excluding diaryl/α,β-unsaturated/α-hetero) is 1. The summed E-state index contributed by atoms with van der Waals surface area (Å²) in [7, 11) is 2.79. The maximum Gasteiger partial charge on any atom is 0.336 e. The number of esters is 1. The van der Waals surface area contributed by atoms with Crippen LogP contribution in [0.25, 0.3) is 5.70 Å². The van der Waals surface area contributed by atoms with Gasteiger partial charge in [0.1, 0.15) is 6.07 Å². The lowest BCUT2D eigenvalue weighted by atomic mass is 9.79. The zero-order chi connectivity index (χ0) is 23.0. The SMILES string of the molecule is COC(=O)C1=C(C)NC2=C(C(=O)c3ccccc32)[C@@H]1c1cc(OC)c(OCC#N)cc1Br. The smallest absolute Gasteiger partial charge is 0.336 e. The number of methoxy groups -OCH3 is 2. The van der Waals surface area contributed by atoms with Crippen molar-refractivity contribution in [3.63, 3.8) is 0 Å². The summed E-state index contributed by atoms with van der Waals surface area (Å²) >= 11 is 3.56. The number of nitriles is 1. The van der Waals surface area contributed by atoms with Gasteiger partial charge in [-0.05, 0) is 24.6 Å². The van der Waals surface area contributed by atoms with Gasteiger partial charge in [-0.1, -0.05) is 40.2 Å². The highest BCUT2D eigenvalue weighted by Crippen LogP contribution is 2.49. The maximum absolute atomic E-state index is 13.5. The van der Waals surface area contributed by atoms with E-state index in [4.69, 9.17) is 19.5 Å². The number of fused-ring (bicyclic) bond motifs is 2. The molecule has 1 heterocycles. The van der Waals surface area contributed by atoms with Crippen LogP contribution in [0.3, 0.4) is 0 Å². The molecule has 32 heavy (non-hydrogen) atoms. The second-order valence-electron chi connectivity index (χ2n) is 7.22. The Hall–Kier alpha value is -3.57. The number of nitrogens with zero attached hydrogens (tertiary/aromatic N) is 1. The van der Waals surface area contributed by atoms with Crippen molar-refractivity contribution < 1.29 is 23.8 Å². The number of carbonyl (C=O) groups excluding carboxylic acids is 2. The predicted octanol–water partition coefficient (Wildman–Crippen LogP) is 4.10. The zero-order valence-corrected chi connectivity index (χ0v) is 19.2. The molecule has 7 nitrogen and oxygen atoms in total. The van der Waals surface area contributed by atoms with Crippen LogP contribution in [0.5, 0.6) is 11.5 Å². The van der Waals surface area contributed by atoms with E-state index >= 15 is 0 Å². The number of rotatable bonds is 5. The lowest BCUT2D eigenvalue weighted by Crippen LogP contribution is -2.29. The van der Waals surface area contributed by atoms with Crippen molar-refractivity contribution in [2.24, 2.45) is 0 Å². The van der Waals surface area contributed by atoms with Crippen molar-refractivity contribution in [3.8, 4) is 17.6 Å². The molecule has 0 bridgehead atoms. The number of hydrogen-bond acceptors (Lipinski definition) is 7. The van der Waals surface area contributed by atoms with Gasteiger partial charge in [0.05, 0.1) is 31.4 Å². The summed E-state index contributed by atoms with van der Waals surface area (Å²) in [4.78, 5) is 26.3. The summed E-state index contributed by atoms with van der Waals surface area (Å²) in [6, 6.07) is 12.6. The third kappa shape index (κ3) is 3.35. The van der Waals surface area contributed by atoms with Crippen LogP contribution < -0.4 is 14.8 Å². The lowest BCUT2D eigenvalue weighted by Gasteiger charge is -2.30. The molecule has 0 fully saturated rings. The van der Waals surface area contributed by atoms with Crippen LogP contribution in [0.2, 0.25) is 0 Å². The molecule has 8 heteroatoms. The number of allylic oxidation sites excluding steroid dienone is 2. The first-order valence-electron chi connectivity index (χ1n) is 9.74. The van der Waals surface area contributed by atoms with E-state index in [9.17, 15) is 9.59 Å². The Kier molecular flexibility index (Phi) is 5.76. The topological polar surface area (TPSA) is 97.7 Å². The fourth-order valence-electron chi connectivity index (χ4n) is 4.17. The Morgan fingerprint density at radius 1 is 1.19 bits per heavy atom.